The van der Waals surface area contributed by atoms with E-state index in [-0.39, 0.29) is 33.3 Å². The maximum Gasteiger partial charge on any atom is 0.270 e. The smallest absolute Gasteiger partial charge is 0.270 e. The Morgan fingerprint density at radius 2 is 1.71 bits per heavy atom. The van der Waals surface area contributed by atoms with Gasteiger partial charge >= 0.3 is 0 Å². The number of amides is 1. The van der Waals surface area contributed by atoms with Crippen LogP contribution in [0.4, 0.5) is 10.1 Å². The predicted molar refractivity (Wildman–Crippen MR) is 145 cm³/mol. The van der Waals surface area contributed by atoms with E-state index in [4.69, 9.17) is 16.3 Å². The molecular formula is C28H29ClFN3O4S. The maximum absolute atomic E-state index is 15.5. The minimum Gasteiger partial charge on any atom is -0.495 e. The molecule has 1 fully saturated rings. The molecule has 7 nitrogen and oxygen atoms in total. The molecule has 38 heavy (non-hydrogen) atoms. The highest BCUT2D eigenvalue weighted by molar-refractivity contribution is 7.93. The number of anilines is 1. The van der Waals surface area contributed by atoms with Gasteiger partial charge in [-0.2, -0.15) is 0 Å². The molecule has 0 radical (unpaired) electrons. The molecule has 1 N–H and O–H groups in total. The number of hydrogen-bond donors (Lipinski definition) is 1. The number of carbonyl (C=O) groups is 1. The van der Waals surface area contributed by atoms with Crippen LogP contribution in [0.2, 0.25) is 5.02 Å². The van der Waals surface area contributed by atoms with Gasteiger partial charge in [0, 0.05) is 37.8 Å². The van der Waals surface area contributed by atoms with E-state index in [0.29, 0.717) is 18.5 Å². The van der Waals surface area contributed by atoms with Gasteiger partial charge in [0.25, 0.3) is 15.9 Å². The minimum atomic E-state index is -4.33. The Hall–Kier alpha value is -2.98. The number of halogens is 2. The molecule has 2 heterocycles. The number of hydrogen-bond acceptors (Lipinski definition) is 6. The van der Waals surface area contributed by atoms with E-state index in [9.17, 15) is 13.2 Å². The van der Waals surface area contributed by atoms with Gasteiger partial charge in [0.15, 0.2) is 0 Å². The molecule has 200 valence electrons. The van der Waals surface area contributed by atoms with E-state index in [1.165, 1.54) is 31.4 Å². The Labute approximate surface area is 227 Å². The van der Waals surface area contributed by atoms with Gasteiger partial charge in [-0.1, -0.05) is 48.0 Å². The summed E-state index contributed by atoms with van der Waals surface area (Å²) in [6.07, 6.45) is 0.746. The Kier molecular flexibility index (Phi) is 7.46. The van der Waals surface area contributed by atoms with E-state index in [1.807, 2.05) is 0 Å². The summed E-state index contributed by atoms with van der Waals surface area (Å²) in [4.78, 5) is 16.8. The first-order valence-corrected chi connectivity index (χ1v) is 14.3. The number of sulfonamides is 1. The highest BCUT2D eigenvalue weighted by atomic mass is 35.5. The molecule has 5 rings (SSSR count). The third-order valence-electron chi connectivity index (χ3n) is 7.35. The SMILES string of the molecule is COc1cc2c(cc1Cl)C(CCCN1CCNCC1)(c1ccccc1F)C(=O)N2S(=O)(=O)c1ccccc1. The average Bonchev–Trinajstić information content (AvgIpc) is 3.17. The van der Waals surface area contributed by atoms with Gasteiger partial charge in [-0.25, -0.2) is 17.1 Å². The molecule has 1 unspecified atom stereocenters. The Morgan fingerprint density at radius 3 is 2.39 bits per heavy atom. The fourth-order valence-corrected chi connectivity index (χ4v) is 7.23. The topological polar surface area (TPSA) is 79.0 Å². The molecule has 0 spiro atoms. The first kappa shape index (κ1) is 26.6. The molecule has 2 aliphatic heterocycles. The molecule has 1 amide bonds. The second kappa shape index (κ2) is 10.6. The molecule has 3 aromatic carbocycles. The molecule has 3 aromatic rings. The van der Waals surface area contributed by atoms with Crippen molar-refractivity contribution in [1.82, 2.24) is 10.2 Å². The number of methoxy groups -OCH3 is 1. The minimum absolute atomic E-state index is 0.0432. The molecule has 0 aromatic heterocycles. The molecule has 0 saturated carbocycles. The molecule has 1 atom stereocenters. The van der Waals surface area contributed by atoms with Crippen LogP contribution < -0.4 is 14.4 Å². The number of benzene rings is 3. The first-order valence-electron chi connectivity index (χ1n) is 12.5. The fourth-order valence-electron chi connectivity index (χ4n) is 5.49. The number of carbonyl (C=O) groups excluding carboxylic acids is 1. The van der Waals surface area contributed by atoms with Crippen LogP contribution in [-0.4, -0.2) is 59.1 Å². The monoisotopic (exact) mass is 557 g/mol. The first-order chi connectivity index (χ1) is 18.3. The number of ether oxygens (including phenoxy) is 1. The van der Waals surface area contributed by atoms with Crippen LogP contribution in [0.15, 0.2) is 71.6 Å². The zero-order valence-corrected chi connectivity index (χ0v) is 22.6. The quantitative estimate of drug-likeness (QED) is 0.447. The van der Waals surface area contributed by atoms with E-state index < -0.39 is 27.2 Å². The summed E-state index contributed by atoms with van der Waals surface area (Å²) in [7, 11) is -2.92. The largest absolute Gasteiger partial charge is 0.495 e. The van der Waals surface area contributed by atoms with Gasteiger partial charge < -0.3 is 15.0 Å². The molecule has 0 aliphatic carbocycles. The van der Waals surface area contributed by atoms with Gasteiger partial charge in [0.05, 0.1) is 22.7 Å². The van der Waals surface area contributed by atoms with Crippen molar-refractivity contribution < 1.29 is 22.3 Å². The Morgan fingerprint density at radius 1 is 1.03 bits per heavy atom. The summed E-state index contributed by atoms with van der Waals surface area (Å²) < 4.78 is 49.6. The van der Waals surface area contributed by atoms with Crippen molar-refractivity contribution in [2.45, 2.75) is 23.2 Å². The standard InChI is InChI=1S/C28H29ClFN3O4S/c1-37-26-19-25-22(18-23(26)29)28(21-10-5-6-11-24(21)30,12-7-15-32-16-13-31-14-17-32)27(34)33(25)38(35,36)20-8-3-2-4-9-20/h2-6,8-11,18-19,31H,7,12-17H2,1H3. The van der Waals surface area contributed by atoms with Crippen LogP contribution >= 0.6 is 11.6 Å². The van der Waals surface area contributed by atoms with Crippen molar-refractivity contribution in [2.75, 3.05) is 44.1 Å². The van der Waals surface area contributed by atoms with Gasteiger partial charge in [-0.05, 0) is 49.2 Å². The summed E-state index contributed by atoms with van der Waals surface area (Å²) in [5, 5.41) is 3.53. The van der Waals surface area contributed by atoms with Crippen LogP contribution in [0, 0.1) is 5.82 Å². The highest BCUT2D eigenvalue weighted by Gasteiger charge is 2.57. The lowest BCUT2D eigenvalue weighted by Crippen LogP contribution is -2.46. The van der Waals surface area contributed by atoms with Crippen LogP contribution in [0.1, 0.15) is 24.0 Å². The average molecular weight is 558 g/mol. The van der Waals surface area contributed by atoms with Crippen molar-refractivity contribution in [2.24, 2.45) is 0 Å². The zero-order valence-electron chi connectivity index (χ0n) is 21.0. The lowest BCUT2D eigenvalue weighted by Gasteiger charge is -2.32. The Bertz CT molecular complexity index is 1450. The normalized spacial score (nSPS) is 20.0. The van der Waals surface area contributed by atoms with Gasteiger partial charge in [-0.3, -0.25) is 4.79 Å². The summed E-state index contributed by atoms with van der Waals surface area (Å²) in [5.74, 6) is -1.09. The third kappa shape index (κ3) is 4.47. The van der Waals surface area contributed by atoms with Crippen molar-refractivity contribution in [3.8, 4) is 5.75 Å². The third-order valence-corrected chi connectivity index (χ3v) is 9.36. The zero-order chi connectivity index (χ0) is 26.9. The van der Waals surface area contributed by atoms with Crippen molar-refractivity contribution in [1.29, 1.82) is 0 Å². The van der Waals surface area contributed by atoms with E-state index >= 15 is 4.39 Å². The van der Waals surface area contributed by atoms with Gasteiger partial charge in [0.1, 0.15) is 17.0 Å². The lowest BCUT2D eigenvalue weighted by molar-refractivity contribution is -0.121. The number of piperazine rings is 1. The van der Waals surface area contributed by atoms with Crippen LogP contribution in [0.3, 0.4) is 0 Å². The molecular weight excluding hydrogens is 529 g/mol. The second-order valence-corrected chi connectivity index (χ2v) is 11.7. The van der Waals surface area contributed by atoms with Gasteiger partial charge in [0.2, 0.25) is 0 Å². The number of fused-ring (bicyclic) bond motifs is 1. The molecule has 1 saturated heterocycles. The molecule has 0 bridgehead atoms. The number of nitrogens with zero attached hydrogens (tertiary/aromatic N) is 2. The van der Waals surface area contributed by atoms with Crippen LogP contribution in [-0.2, 0) is 20.2 Å². The summed E-state index contributed by atoms with van der Waals surface area (Å²) in [5.41, 5.74) is -1.01. The summed E-state index contributed by atoms with van der Waals surface area (Å²) in [6.45, 7) is 4.18. The van der Waals surface area contributed by atoms with Crippen molar-refractivity contribution in [3.63, 3.8) is 0 Å². The highest BCUT2D eigenvalue weighted by Crippen LogP contribution is 2.53. The van der Waals surface area contributed by atoms with E-state index in [2.05, 4.69) is 10.2 Å². The summed E-state index contributed by atoms with van der Waals surface area (Å²) in [6, 6.07) is 16.8. The van der Waals surface area contributed by atoms with Crippen molar-refractivity contribution in [3.05, 3.63) is 88.7 Å². The van der Waals surface area contributed by atoms with Gasteiger partial charge in [-0.15, -0.1) is 0 Å². The molecule has 2 aliphatic rings. The molecule has 10 heteroatoms. The summed E-state index contributed by atoms with van der Waals surface area (Å²) >= 11 is 6.53. The van der Waals surface area contributed by atoms with Crippen LogP contribution in [0.5, 0.6) is 5.75 Å². The maximum atomic E-state index is 15.5. The lowest BCUT2D eigenvalue weighted by atomic mass is 9.72. The van der Waals surface area contributed by atoms with Crippen LogP contribution in [0.25, 0.3) is 0 Å². The predicted octanol–water partition coefficient (Wildman–Crippen LogP) is 4.19. The second-order valence-electron chi connectivity index (χ2n) is 9.47. The van der Waals surface area contributed by atoms with E-state index in [0.717, 1.165) is 30.5 Å². The fraction of sp³-hybridized carbons (Fsp3) is 0.321. The van der Waals surface area contributed by atoms with E-state index in [1.54, 1.807) is 42.5 Å². The number of nitrogens with one attached hydrogen (secondary N) is 1. The number of rotatable bonds is 8. The Balaban J connectivity index is 1.69. The van der Waals surface area contributed by atoms with Crippen molar-refractivity contribution >= 4 is 33.2 Å².